The first-order valence-corrected chi connectivity index (χ1v) is 5.98. The van der Waals surface area contributed by atoms with Crippen LogP contribution >= 0.6 is 0 Å². The van der Waals surface area contributed by atoms with Gasteiger partial charge in [0.05, 0.1) is 0 Å². The summed E-state index contributed by atoms with van der Waals surface area (Å²) in [5.74, 6) is -0.341. The number of rotatable bonds is 2. The summed E-state index contributed by atoms with van der Waals surface area (Å²) in [6.45, 7) is 2.49. The van der Waals surface area contributed by atoms with E-state index in [9.17, 15) is 9.18 Å². The van der Waals surface area contributed by atoms with Crippen molar-refractivity contribution in [2.75, 3.05) is 6.54 Å². The highest BCUT2D eigenvalue weighted by Crippen LogP contribution is 2.30. The van der Waals surface area contributed by atoms with Crippen LogP contribution in [0.5, 0.6) is 0 Å². The first kappa shape index (κ1) is 11.8. The maximum Gasteiger partial charge on any atom is 0.244 e. The third-order valence-electron chi connectivity index (χ3n) is 2.97. The van der Waals surface area contributed by atoms with Gasteiger partial charge in [-0.1, -0.05) is 6.07 Å². The zero-order valence-electron chi connectivity index (χ0n) is 9.92. The van der Waals surface area contributed by atoms with Gasteiger partial charge in [0.15, 0.2) is 0 Å². The molecule has 0 fully saturated rings. The van der Waals surface area contributed by atoms with Crippen molar-refractivity contribution in [1.29, 1.82) is 0 Å². The Labute approximate surface area is 101 Å². The molecule has 0 heterocycles. The van der Waals surface area contributed by atoms with Crippen LogP contribution in [-0.4, -0.2) is 12.5 Å². The molecule has 0 atom stereocenters. The Bertz CT molecular complexity index is 465. The first-order chi connectivity index (χ1) is 8.20. The van der Waals surface area contributed by atoms with Crippen LogP contribution in [0, 0.1) is 5.82 Å². The number of likely N-dealkylation sites (N-methyl/N-ethyl adjacent to an activating group) is 1. The highest BCUT2D eigenvalue weighted by atomic mass is 19.1. The standard InChI is InChI=1S/C14H16FNO/c1-2-16-14(17)8-11-5-3-4-10-6-7-12(15)9-13(10)11/h6-9H,2-5H2,1H3,(H,16,17)/b11-8+. The molecule has 0 radical (unpaired) electrons. The Kier molecular flexibility index (Phi) is 3.57. The number of fused-ring (bicyclic) bond motifs is 1. The second-order valence-electron chi connectivity index (χ2n) is 4.22. The molecule has 3 heteroatoms. The molecule has 2 rings (SSSR count). The number of benzene rings is 1. The third kappa shape index (κ3) is 2.73. The fourth-order valence-corrected chi connectivity index (χ4v) is 2.20. The molecule has 1 amide bonds. The summed E-state index contributed by atoms with van der Waals surface area (Å²) in [5.41, 5.74) is 2.97. The maximum absolute atomic E-state index is 13.2. The van der Waals surface area contributed by atoms with Crippen molar-refractivity contribution < 1.29 is 9.18 Å². The molecule has 1 aromatic rings. The molecule has 1 aromatic carbocycles. The summed E-state index contributed by atoms with van der Waals surface area (Å²) in [7, 11) is 0. The zero-order valence-corrected chi connectivity index (χ0v) is 9.92. The Hall–Kier alpha value is -1.64. The zero-order chi connectivity index (χ0) is 12.3. The Morgan fingerprint density at radius 1 is 1.47 bits per heavy atom. The normalized spacial score (nSPS) is 16.7. The summed E-state index contributed by atoms with van der Waals surface area (Å²) >= 11 is 0. The number of aryl methyl sites for hydroxylation is 1. The summed E-state index contributed by atoms with van der Waals surface area (Å²) in [6, 6.07) is 4.82. The molecule has 0 unspecified atom stereocenters. The number of halogens is 1. The van der Waals surface area contributed by atoms with E-state index >= 15 is 0 Å². The van der Waals surface area contributed by atoms with Crippen molar-refractivity contribution in [3.8, 4) is 0 Å². The van der Waals surface area contributed by atoms with Gasteiger partial charge in [-0.15, -0.1) is 0 Å². The molecule has 1 aliphatic rings. The second kappa shape index (κ2) is 5.13. The number of carbonyl (C=O) groups is 1. The van der Waals surface area contributed by atoms with Crippen LogP contribution < -0.4 is 5.32 Å². The predicted molar refractivity (Wildman–Crippen MR) is 66.0 cm³/mol. The lowest BCUT2D eigenvalue weighted by atomic mass is 9.87. The molecular weight excluding hydrogens is 217 g/mol. The number of amides is 1. The van der Waals surface area contributed by atoms with Gasteiger partial charge in [0.25, 0.3) is 0 Å². The first-order valence-electron chi connectivity index (χ1n) is 5.98. The molecule has 1 aliphatic carbocycles. The minimum atomic E-state index is -0.243. The fourth-order valence-electron chi connectivity index (χ4n) is 2.20. The van der Waals surface area contributed by atoms with Gasteiger partial charge in [-0.2, -0.15) is 0 Å². The molecule has 2 nitrogen and oxygen atoms in total. The van der Waals surface area contributed by atoms with E-state index in [-0.39, 0.29) is 11.7 Å². The van der Waals surface area contributed by atoms with E-state index in [0.29, 0.717) is 6.54 Å². The molecule has 17 heavy (non-hydrogen) atoms. The van der Waals surface area contributed by atoms with Crippen LogP contribution in [0.4, 0.5) is 4.39 Å². The summed E-state index contributed by atoms with van der Waals surface area (Å²) in [5, 5.41) is 2.73. The lowest BCUT2D eigenvalue weighted by molar-refractivity contribution is -0.116. The van der Waals surface area contributed by atoms with E-state index in [1.165, 1.54) is 12.1 Å². The minimum Gasteiger partial charge on any atom is -0.353 e. The number of hydrogen-bond donors (Lipinski definition) is 1. The summed E-state index contributed by atoms with van der Waals surface area (Å²) in [4.78, 5) is 11.5. The third-order valence-corrected chi connectivity index (χ3v) is 2.97. The average molecular weight is 233 g/mol. The van der Waals surface area contributed by atoms with E-state index in [2.05, 4.69) is 5.32 Å². The topological polar surface area (TPSA) is 29.1 Å². The van der Waals surface area contributed by atoms with E-state index < -0.39 is 0 Å². The van der Waals surface area contributed by atoms with E-state index in [1.54, 1.807) is 6.08 Å². The molecule has 0 saturated carbocycles. The molecule has 0 aromatic heterocycles. The lowest BCUT2D eigenvalue weighted by Gasteiger charge is -2.18. The molecule has 0 spiro atoms. The van der Waals surface area contributed by atoms with E-state index in [4.69, 9.17) is 0 Å². The average Bonchev–Trinajstić information content (AvgIpc) is 2.30. The van der Waals surface area contributed by atoms with Gasteiger partial charge >= 0.3 is 0 Å². The minimum absolute atomic E-state index is 0.0976. The Morgan fingerprint density at radius 2 is 2.29 bits per heavy atom. The SMILES string of the molecule is CCNC(=O)/C=C1\CCCc2ccc(F)cc21. The van der Waals surface area contributed by atoms with Gasteiger partial charge in [-0.3, -0.25) is 4.79 Å². The number of allylic oxidation sites excluding steroid dienone is 1. The quantitative estimate of drug-likeness (QED) is 0.782. The van der Waals surface area contributed by atoms with Gasteiger partial charge in [0, 0.05) is 12.6 Å². The van der Waals surface area contributed by atoms with Gasteiger partial charge in [-0.05, 0) is 55.0 Å². The number of nitrogens with one attached hydrogen (secondary N) is 1. The van der Waals surface area contributed by atoms with Crippen molar-refractivity contribution in [1.82, 2.24) is 5.32 Å². The van der Waals surface area contributed by atoms with Crippen LogP contribution in [0.15, 0.2) is 24.3 Å². The molecular formula is C14H16FNO. The van der Waals surface area contributed by atoms with E-state index in [1.807, 2.05) is 13.0 Å². The maximum atomic E-state index is 13.2. The van der Waals surface area contributed by atoms with Crippen molar-refractivity contribution in [3.05, 3.63) is 41.2 Å². The number of carbonyl (C=O) groups excluding carboxylic acids is 1. The van der Waals surface area contributed by atoms with Crippen molar-refractivity contribution in [3.63, 3.8) is 0 Å². The van der Waals surface area contributed by atoms with Crippen molar-refractivity contribution in [2.24, 2.45) is 0 Å². The van der Waals surface area contributed by atoms with Crippen LogP contribution in [-0.2, 0) is 11.2 Å². The van der Waals surface area contributed by atoms with Crippen molar-refractivity contribution in [2.45, 2.75) is 26.2 Å². The highest BCUT2D eigenvalue weighted by molar-refractivity contribution is 5.95. The molecule has 0 saturated heterocycles. The molecule has 0 aliphatic heterocycles. The smallest absolute Gasteiger partial charge is 0.244 e. The van der Waals surface area contributed by atoms with Crippen LogP contribution in [0.3, 0.4) is 0 Å². The largest absolute Gasteiger partial charge is 0.353 e. The molecule has 0 bridgehead atoms. The van der Waals surface area contributed by atoms with Crippen LogP contribution in [0.1, 0.15) is 30.9 Å². The van der Waals surface area contributed by atoms with E-state index in [0.717, 1.165) is 36.0 Å². The van der Waals surface area contributed by atoms with Crippen molar-refractivity contribution >= 4 is 11.5 Å². The monoisotopic (exact) mass is 233 g/mol. The second-order valence-corrected chi connectivity index (χ2v) is 4.22. The van der Waals surface area contributed by atoms with Gasteiger partial charge < -0.3 is 5.32 Å². The lowest BCUT2D eigenvalue weighted by Crippen LogP contribution is -2.20. The van der Waals surface area contributed by atoms with Crippen LogP contribution in [0.25, 0.3) is 5.57 Å². The predicted octanol–water partition coefficient (Wildman–Crippen LogP) is 2.68. The Balaban J connectivity index is 2.33. The molecule has 90 valence electrons. The van der Waals surface area contributed by atoms with Gasteiger partial charge in [0.2, 0.25) is 5.91 Å². The van der Waals surface area contributed by atoms with Gasteiger partial charge in [-0.25, -0.2) is 4.39 Å². The molecule has 1 N–H and O–H groups in total. The Morgan fingerprint density at radius 3 is 3.06 bits per heavy atom. The number of hydrogen-bond acceptors (Lipinski definition) is 1. The summed E-state index contributed by atoms with van der Waals surface area (Å²) < 4.78 is 13.2. The van der Waals surface area contributed by atoms with Crippen LogP contribution in [0.2, 0.25) is 0 Å². The highest BCUT2D eigenvalue weighted by Gasteiger charge is 2.15. The van der Waals surface area contributed by atoms with Gasteiger partial charge in [0.1, 0.15) is 5.82 Å². The fraction of sp³-hybridized carbons (Fsp3) is 0.357. The summed E-state index contributed by atoms with van der Waals surface area (Å²) in [6.07, 6.45) is 4.42.